The Bertz CT molecular complexity index is 1200. The summed E-state index contributed by atoms with van der Waals surface area (Å²) in [7, 11) is 0. The zero-order chi connectivity index (χ0) is 22.5. The maximum Gasteiger partial charge on any atom is 0.262 e. The fraction of sp³-hybridized carbons (Fsp3) is 0.391. The molecule has 1 aliphatic rings. The van der Waals surface area contributed by atoms with Crippen LogP contribution < -0.4 is 20.9 Å². The van der Waals surface area contributed by atoms with Crippen molar-refractivity contribution >= 4 is 39.1 Å². The Labute approximate surface area is 189 Å². The molecule has 0 fully saturated rings. The van der Waals surface area contributed by atoms with E-state index < -0.39 is 0 Å². The predicted octanol–water partition coefficient (Wildman–Crippen LogP) is 2.88. The third-order valence-corrected chi connectivity index (χ3v) is 6.59. The number of para-hydroxylation sites is 2. The maximum absolute atomic E-state index is 12.9. The molecule has 0 spiro atoms. The van der Waals surface area contributed by atoms with Crippen LogP contribution in [0.1, 0.15) is 36.6 Å². The van der Waals surface area contributed by atoms with Crippen molar-refractivity contribution in [3.63, 3.8) is 0 Å². The van der Waals surface area contributed by atoms with Gasteiger partial charge in [0.05, 0.1) is 24.0 Å². The van der Waals surface area contributed by atoms with Gasteiger partial charge in [0, 0.05) is 17.8 Å². The first-order valence-corrected chi connectivity index (χ1v) is 11.7. The number of thiophene rings is 1. The van der Waals surface area contributed by atoms with Crippen LogP contribution in [0, 0.1) is 0 Å². The number of aromatic nitrogens is 2. The van der Waals surface area contributed by atoms with E-state index in [4.69, 9.17) is 4.74 Å². The van der Waals surface area contributed by atoms with Gasteiger partial charge >= 0.3 is 0 Å². The molecule has 0 saturated heterocycles. The molecule has 8 nitrogen and oxygen atoms in total. The van der Waals surface area contributed by atoms with Crippen LogP contribution in [-0.4, -0.2) is 34.5 Å². The number of anilines is 1. The van der Waals surface area contributed by atoms with Gasteiger partial charge in [0.25, 0.3) is 5.56 Å². The Kier molecular flexibility index (Phi) is 6.84. The van der Waals surface area contributed by atoms with E-state index in [2.05, 4.69) is 15.6 Å². The number of carbonyl (C=O) groups excluding carboxylic acids is 2. The summed E-state index contributed by atoms with van der Waals surface area (Å²) in [5.41, 5.74) is 1.53. The van der Waals surface area contributed by atoms with Crippen LogP contribution >= 0.6 is 11.3 Å². The molecule has 4 rings (SSSR count). The summed E-state index contributed by atoms with van der Waals surface area (Å²) in [5, 5.41) is 6.16. The monoisotopic (exact) mass is 454 g/mol. The van der Waals surface area contributed by atoms with Crippen molar-refractivity contribution in [2.75, 3.05) is 18.5 Å². The quantitative estimate of drug-likeness (QED) is 0.545. The molecule has 1 aliphatic carbocycles. The van der Waals surface area contributed by atoms with Crippen molar-refractivity contribution in [3.8, 4) is 5.75 Å². The molecule has 0 bridgehead atoms. The third-order valence-electron chi connectivity index (χ3n) is 5.39. The maximum atomic E-state index is 12.9. The minimum atomic E-state index is -0.333. The highest BCUT2D eigenvalue weighted by molar-refractivity contribution is 7.18. The second-order valence-corrected chi connectivity index (χ2v) is 8.73. The molecule has 0 aliphatic heterocycles. The first-order chi connectivity index (χ1) is 15.6. The zero-order valence-corrected chi connectivity index (χ0v) is 18.8. The molecule has 2 amide bonds. The summed E-state index contributed by atoms with van der Waals surface area (Å²) in [6, 6.07) is 7.20. The predicted molar refractivity (Wildman–Crippen MR) is 124 cm³/mol. The molecule has 0 radical (unpaired) electrons. The minimum Gasteiger partial charge on any atom is -0.492 e. The highest BCUT2D eigenvalue weighted by atomic mass is 32.1. The van der Waals surface area contributed by atoms with Gasteiger partial charge in [-0.25, -0.2) is 4.98 Å². The Morgan fingerprint density at radius 1 is 1.19 bits per heavy atom. The highest BCUT2D eigenvalue weighted by Gasteiger charge is 2.20. The van der Waals surface area contributed by atoms with Crippen LogP contribution in [-0.2, 0) is 29.0 Å². The lowest BCUT2D eigenvalue weighted by Crippen LogP contribution is -2.34. The number of benzene rings is 1. The van der Waals surface area contributed by atoms with Crippen LogP contribution in [0.3, 0.4) is 0 Å². The largest absolute Gasteiger partial charge is 0.492 e. The second-order valence-electron chi connectivity index (χ2n) is 7.65. The number of nitrogens with zero attached hydrogens (tertiary/aromatic N) is 2. The van der Waals surface area contributed by atoms with Crippen LogP contribution in [0.4, 0.5) is 5.69 Å². The first kappa shape index (κ1) is 22.0. The van der Waals surface area contributed by atoms with Gasteiger partial charge in [-0.3, -0.25) is 19.0 Å². The molecular formula is C23H26N4O4S. The normalized spacial score (nSPS) is 12.9. The van der Waals surface area contributed by atoms with Crippen molar-refractivity contribution in [3.05, 3.63) is 51.4 Å². The van der Waals surface area contributed by atoms with Crippen molar-refractivity contribution in [2.24, 2.45) is 0 Å². The number of hydrogen-bond acceptors (Lipinski definition) is 6. The lowest BCUT2D eigenvalue weighted by Gasteiger charge is -2.12. The summed E-state index contributed by atoms with van der Waals surface area (Å²) in [5.74, 6) is 0.0349. The number of amides is 2. The van der Waals surface area contributed by atoms with E-state index >= 15 is 0 Å². The van der Waals surface area contributed by atoms with Crippen LogP contribution in [0.25, 0.3) is 10.2 Å². The van der Waals surface area contributed by atoms with E-state index in [1.807, 2.05) is 19.1 Å². The van der Waals surface area contributed by atoms with Gasteiger partial charge in [0.2, 0.25) is 11.8 Å². The molecule has 0 saturated carbocycles. The third kappa shape index (κ3) is 4.83. The number of nitrogens with one attached hydrogen (secondary N) is 2. The van der Waals surface area contributed by atoms with Gasteiger partial charge in [-0.1, -0.05) is 12.1 Å². The zero-order valence-electron chi connectivity index (χ0n) is 18.0. The van der Waals surface area contributed by atoms with E-state index in [0.29, 0.717) is 23.4 Å². The Morgan fingerprint density at radius 2 is 2.00 bits per heavy atom. The van der Waals surface area contributed by atoms with Crippen molar-refractivity contribution in [1.82, 2.24) is 14.9 Å². The SMILES string of the molecule is CCOc1ccccc1NC(=O)CCNC(=O)Cn1cnc2sc3c(c2c1=O)CCCC3. The van der Waals surface area contributed by atoms with Crippen LogP contribution in [0.5, 0.6) is 5.75 Å². The fourth-order valence-electron chi connectivity index (χ4n) is 3.88. The second kappa shape index (κ2) is 9.95. The first-order valence-electron chi connectivity index (χ1n) is 10.8. The summed E-state index contributed by atoms with van der Waals surface area (Å²) < 4.78 is 6.84. The van der Waals surface area contributed by atoms with E-state index in [1.54, 1.807) is 23.5 Å². The summed E-state index contributed by atoms with van der Waals surface area (Å²) in [6.07, 6.45) is 5.64. The van der Waals surface area contributed by atoms with Gasteiger partial charge in [0.15, 0.2) is 0 Å². The summed E-state index contributed by atoms with van der Waals surface area (Å²) in [4.78, 5) is 43.9. The lowest BCUT2D eigenvalue weighted by atomic mass is 9.97. The van der Waals surface area contributed by atoms with E-state index in [1.165, 1.54) is 15.8 Å². The Morgan fingerprint density at radius 3 is 2.84 bits per heavy atom. The van der Waals surface area contributed by atoms with E-state index in [-0.39, 0.29) is 36.9 Å². The van der Waals surface area contributed by atoms with E-state index in [0.717, 1.165) is 36.1 Å². The highest BCUT2D eigenvalue weighted by Crippen LogP contribution is 2.33. The number of ether oxygens (including phenoxy) is 1. The molecule has 2 N–H and O–H groups in total. The lowest BCUT2D eigenvalue weighted by molar-refractivity contribution is -0.121. The van der Waals surface area contributed by atoms with Gasteiger partial charge < -0.3 is 15.4 Å². The van der Waals surface area contributed by atoms with Crippen molar-refractivity contribution in [1.29, 1.82) is 0 Å². The number of fused-ring (bicyclic) bond motifs is 3. The number of rotatable bonds is 8. The average Bonchev–Trinajstić information content (AvgIpc) is 3.16. The molecule has 2 aromatic heterocycles. The van der Waals surface area contributed by atoms with Crippen molar-refractivity contribution < 1.29 is 14.3 Å². The van der Waals surface area contributed by atoms with Crippen LogP contribution in [0.2, 0.25) is 0 Å². The Hall–Kier alpha value is -3.20. The summed E-state index contributed by atoms with van der Waals surface area (Å²) in [6.45, 7) is 2.41. The molecule has 9 heteroatoms. The molecule has 2 heterocycles. The van der Waals surface area contributed by atoms with Crippen LogP contribution in [0.15, 0.2) is 35.4 Å². The Balaban J connectivity index is 1.33. The summed E-state index contributed by atoms with van der Waals surface area (Å²) >= 11 is 1.58. The molecule has 3 aromatic rings. The number of hydrogen-bond donors (Lipinski definition) is 2. The number of aryl methyl sites for hydroxylation is 2. The van der Waals surface area contributed by atoms with Gasteiger partial charge in [-0.2, -0.15) is 0 Å². The molecule has 1 aromatic carbocycles. The minimum absolute atomic E-state index is 0.108. The number of carbonyl (C=O) groups is 2. The van der Waals surface area contributed by atoms with Gasteiger partial charge in [-0.15, -0.1) is 11.3 Å². The topological polar surface area (TPSA) is 102 Å². The van der Waals surface area contributed by atoms with Gasteiger partial charge in [0.1, 0.15) is 17.1 Å². The average molecular weight is 455 g/mol. The molecule has 0 unspecified atom stereocenters. The fourth-order valence-corrected chi connectivity index (χ4v) is 5.10. The smallest absolute Gasteiger partial charge is 0.262 e. The van der Waals surface area contributed by atoms with Gasteiger partial charge in [-0.05, 0) is 50.3 Å². The molecule has 0 atom stereocenters. The van der Waals surface area contributed by atoms with E-state index in [9.17, 15) is 14.4 Å². The molecule has 168 valence electrons. The standard InChI is InChI=1S/C23H26N4O4S/c1-2-31-17-9-5-4-8-16(17)26-19(28)11-12-24-20(29)13-27-14-25-22-21(23(27)30)15-7-3-6-10-18(15)32-22/h4-5,8-9,14H,2-3,6-7,10-13H2,1H3,(H,24,29)(H,26,28). The molecular weight excluding hydrogens is 428 g/mol. The van der Waals surface area contributed by atoms with Crippen molar-refractivity contribution in [2.45, 2.75) is 45.6 Å². The molecule has 32 heavy (non-hydrogen) atoms.